The standard InChI is InChI=1S/C21H20F3N7O2/c22-21(23,24)11-33-18-14(12-6-8-32-9-7-12)2-1-3-15(18)27-19-17(20-28-30-31-29-20)26-16(10-25-19)13-4-5-13/h1-3,6,10,13H,4-5,7-9,11H2,(H,25,27)(H,28,29,30,31). The molecule has 172 valence electrons. The van der Waals surface area contributed by atoms with Crippen molar-refractivity contribution in [2.45, 2.75) is 31.4 Å². The first-order valence-corrected chi connectivity index (χ1v) is 10.5. The zero-order chi connectivity index (χ0) is 22.8. The number of tetrazole rings is 1. The Balaban J connectivity index is 1.54. The van der Waals surface area contributed by atoms with E-state index in [0.29, 0.717) is 54.1 Å². The minimum Gasteiger partial charge on any atom is -0.481 e. The lowest BCUT2D eigenvalue weighted by Gasteiger charge is -2.21. The Morgan fingerprint density at radius 3 is 2.82 bits per heavy atom. The molecule has 1 fully saturated rings. The van der Waals surface area contributed by atoms with Gasteiger partial charge in [-0.25, -0.2) is 15.1 Å². The SMILES string of the molecule is FC(F)(F)COc1c(Nc2ncc(C3CC3)nc2-c2nnn[nH]2)cccc1C1=CCOCC1. The molecule has 1 aliphatic carbocycles. The smallest absolute Gasteiger partial charge is 0.422 e. The lowest BCUT2D eigenvalue weighted by molar-refractivity contribution is -0.153. The van der Waals surface area contributed by atoms with Crippen LogP contribution in [0.1, 0.15) is 36.4 Å². The van der Waals surface area contributed by atoms with Gasteiger partial charge in [-0.3, -0.25) is 0 Å². The Morgan fingerprint density at radius 1 is 1.24 bits per heavy atom. The summed E-state index contributed by atoms with van der Waals surface area (Å²) < 4.78 is 49.7. The van der Waals surface area contributed by atoms with Gasteiger partial charge in [0.1, 0.15) is 0 Å². The highest BCUT2D eigenvalue weighted by Gasteiger charge is 2.31. The largest absolute Gasteiger partial charge is 0.481 e. The van der Waals surface area contributed by atoms with E-state index >= 15 is 0 Å². The number of aromatic nitrogens is 6. The van der Waals surface area contributed by atoms with Crippen molar-refractivity contribution in [2.24, 2.45) is 0 Å². The summed E-state index contributed by atoms with van der Waals surface area (Å²) in [6.45, 7) is -0.547. The molecule has 1 saturated carbocycles. The first kappa shape index (κ1) is 21.3. The van der Waals surface area contributed by atoms with Crippen molar-refractivity contribution in [1.82, 2.24) is 30.6 Å². The third kappa shape index (κ3) is 4.95. The lowest BCUT2D eigenvalue weighted by Crippen LogP contribution is -2.20. The molecule has 0 saturated heterocycles. The van der Waals surface area contributed by atoms with E-state index in [2.05, 4.69) is 35.9 Å². The summed E-state index contributed by atoms with van der Waals surface area (Å²) in [5.41, 5.74) is 2.95. The van der Waals surface area contributed by atoms with Crippen LogP contribution in [0.3, 0.4) is 0 Å². The van der Waals surface area contributed by atoms with Crippen LogP contribution in [-0.4, -0.2) is 56.6 Å². The number of nitrogens with one attached hydrogen (secondary N) is 2. The fraction of sp³-hybridized carbons (Fsp3) is 0.381. The predicted molar refractivity (Wildman–Crippen MR) is 112 cm³/mol. The van der Waals surface area contributed by atoms with Crippen molar-refractivity contribution >= 4 is 17.1 Å². The molecule has 2 aliphatic rings. The summed E-state index contributed by atoms with van der Waals surface area (Å²) in [5, 5.41) is 16.9. The number of hydrogen-bond donors (Lipinski definition) is 2. The van der Waals surface area contributed by atoms with Crippen LogP contribution in [0.5, 0.6) is 5.75 Å². The Kier molecular flexibility index (Phi) is 5.67. The van der Waals surface area contributed by atoms with Crippen molar-refractivity contribution < 1.29 is 22.6 Å². The van der Waals surface area contributed by atoms with Gasteiger partial charge in [-0.1, -0.05) is 18.2 Å². The van der Waals surface area contributed by atoms with Gasteiger partial charge in [0.2, 0.25) is 5.82 Å². The summed E-state index contributed by atoms with van der Waals surface area (Å²) in [7, 11) is 0. The number of anilines is 2. The average molecular weight is 459 g/mol. The van der Waals surface area contributed by atoms with Crippen LogP contribution in [0.15, 0.2) is 30.5 Å². The van der Waals surface area contributed by atoms with Crippen molar-refractivity contribution in [3.63, 3.8) is 0 Å². The van der Waals surface area contributed by atoms with Gasteiger partial charge in [-0.2, -0.15) is 13.2 Å². The summed E-state index contributed by atoms with van der Waals surface area (Å²) in [4.78, 5) is 9.13. The number of H-pyrrole nitrogens is 1. The Bertz CT molecular complexity index is 1160. The van der Waals surface area contributed by atoms with E-state index in [9.17, 15) is 13.2 Å². The zero-order valence-corrected chi connectivity index (χ0v) is 17.4. The van der Waals surface area contributed by atoms with E-state index < -0.39 is 12.8 Å². The molecular weight excluding hydrogens is 439 g/mol. The fourth-order valence-corrected chi connectivity index (χ4v) is 3.59. The number of para-hydroxylation sites is 1. The van der Waals surface area contributed by atoms with Gasteiger partial charge in [-0.05, 0) is 41.3 Å². The van der Waals surface area contributed by atoms with Crippen LogP contribution in [0.4, 0.5) is 24.7 Å². The van der Waals surface area contributed by atoms with Crippen molar-refractivity contribution in [1.29, 1.82) is 0 Å². The molecule has 3 heterocycles. The molecule has 0 spiro atoms. The molecule has 33 heavy (non-hydrogen) atoms. The molecule has 5 rings (SSSR count). The third-order valence-corrected chi connectivity index (χ3v) is 5.31. The molecule has 2 N–H and O–H groups in total. The van der Waals surface area contributed by atoms with Gasteiger partial charge in [0.05, 0.1) is 30.8 Å². The number of nitrogens with zero attached hydrogens (tertiary/aromatic N) is 5. The van der Waals surface area contributed by atoms with E-state index in [4.69, 9.17) is 9.47 Å². The van der Waals surface area contributed by atoms with E-state index in [1.807, 2.05) is 6.08 Å². The molecule has 0 atom stereocenters. The minimum absolute atomic E-state index is 0.0812. The van der Waals surface area contributed by atoms with Crippen LogP contribution in [0.25, 0.3) is 17.1 Å². The predicted octanol–water partition coefficient (Wildman–Crippen LogP) is 4.02. The molecule has 12 heteroatoms. The number of aromatic amines is 1. The minimum atomic E-state index is -4.49. The van der Waals surface area contributed by atoms with Crippen LogP contribution in [-0.2, 0) is 4.74 Å². The second-order valence-corrected chi connectivity index (χ2v) is 7.78. The second-order valence-electron chi connectivity index (χ2n) is 7.78. The second kappa shape index (κ2) is 8.77. The summed E-state index contributed by atoms with van der Waals surface area (Å²) in [6.07, 6.45) is 1.65. The third-order valence-electron chi connectivity index (χ3n) is 5.31. The normalized spacial score (nSPS) is 16.4. The molecule has 9 nitrogen and oxygen atoms in total. The van der Waals surface area contributed by atoms with E-state index in [1.165, 1.54) is 0 Å². The van der Waals surface area contributed by atoms with E-state index in [0.717, 1.165) is 24.1 Å². The van der Waals surface area contributed by atoms with Gasteiger partial charge in [0.25, 0.3) is 0 Å². The molecule has 3 aromatic rings. The fourth-order valence-electron chi connectivity index (χ4n) is 3.59. The molecule has 0 radical (unpaired) electrons. The first-order chi connectivity index (χ1) is 16.0. The quantitative estimate of drug-likeness (QED) is 0.545. The molecule has 1 aliphatic heterocycles. The zero-order valence-electron chi connectivity index (χ0n) is 17.4. The van der Waals surface area contributed by atoms with Gasteiger partial charge in [0.15, 0.2) is 23.9 Å². The lowest BCUT2D eigenvalue weighted by atomic mass is 9.99. The molecule has 0 amide bonds. The number of ether oxygens (including phenoxy) is 2. The highest BCUT2D eigenvalue weighted by molar-refractivity contribution is 5.81. The highest BCUT2D eigenvalue weighted by atomic mass is 19.4. The van der Waals surface area contributed by atoms with Crippen molar-refractivity contribution in [3.05, 3.63) is 41.7 Å². The van der Waals surface area contributed by atoms with Crippen LogP contribution >= 0.6 is 0 Å². The first-order valence-electron chi connectivity index (χ1n) is 10.5. The van der Waals surface area contributed by atoms with Gasteiger partial charge < -0.3 is 14.8 Å². The highest BCUT2D eigenvalue weighted by Crippen LogP contribution is 2.41. The number of alkyl halides is 3. The average Bonchev–Trinajstić information content (AvgIpc) is 3.52. The van der Waals surface area contributed by atoms with Gasteiger partial charge >= 0.3 is 6.18 Å². The maximum atomic E-state index is 13.0. The Hall–Kier alpha value is -3.54. The molecule has 0 unspecified atom stereocenters. The molecule has 2 aromatic heterocycles. The van der Waals surface area contributed by atoms with Gasteiger partial charge in [-0.15, -0.1) is 5.10 Å². The molecule has 0 bridgehead atoms. The van der Waals surface area contributed by atoms with Crippen molar-refractivity contribution in [3.8, 4) is 17.3 Å². The van der Waals surface area contributed by atoms with Crippen LogP contribution in [0, 0.1) is 0 Å². The maximum absolute atomic E-state index is 13.0. The number of hydrogen-bond acceptors (Lipinski definition) is 8. The van der Waals surface area contributed by atoms with Crippen LogP contribution in [0.2, 0.25) is 0 Å². The number of rotatable bonds is 7. The van der Waals surface area contributed by atoms with E-state index in [-0.39, 0.29) is 5.75 Å². The van der Waals surface area contributed by atoms with E-state index in [1.54, 1.807) is 24.4 Å². The monoisotopic (exact) mass is 459 g/mol. The van der Waals surface area contributed by atoms with Crippen molar-refractivity contribution in [2.75, 3.05) is 25.1 Å². The Morgan fingerprint density at radius 2 is 2.12 bits per heavy atom. The Labute approximate surface area is 186 Å². The van der Waals surface area contributed by atoms with Crippen LogP contribution < -0.4 is 10.1 Å². The molecular formula is C21H20F3N7O2. The molecule has 1 aromatic carbocycles. The summed E-state index contributed by atoms with van der Waals surface area (Å²) >= 11 is 0. The number of halogens is 3. The number of benzene rings is 1. The summed E-state index contributed by atoms with van der Waals surface area (Å²) in [5.74, 6) is 1.02. The summed E-state index contributed by atoms with van der Waals surface area (Å²) in [6, 6.07) is 5.11. The van der Waals surface area contributed by atoms with Gasteiger partial charge in [0, 0.05) is 11.5 Å². The topological polar surface area (TPSA) is 111 Å². The maximum Gasteiger partial charge on any atom is 0.422 e.